The summed E-state index contributed by atoms with van der Waals surface area (Å²) in [6, 6.07) is 12.6. The number of hydrogen-bond donors (Lipinski definition) is 1. The number of halogens is 1. The lowest BCUT2D eigenvalue weighted by molar-refractivity contribution is 1.35. The highest BCUT2D eigenvalue weighted by Crippen LogP contribution is 2.19. The fraction of sp³-hybridized carbons (Fsp3) is 0.211. The Bertz CT molecular complexity index is 688. The molecule has 0 saturated heterocycles. The molecule has 0 spiro atoms. The zero-order chi connectivity index (χ0) is 15.2. The van der Waals surface area contributed by atoms with Crippen molar-refractivity contribution in [3.8, 4) is 0 Å². The Kier molecular flexibility index (Phi) is 6.87. The summed E-state index contributed by atoms with van der Waals surface area (Å²) in [6.07, 6.45) is 5.64. The van der Waals surface area contributed by atoms with E-state index in [1.807, 2.05) is 24.6 Å². The highest BCUT2D eigenvalue weighted by Gasteiger charge is 1.95. The standard InChI is InChI=1S/C19H22N2.ClH/c1-14-6-8-18(16(3)12-14)20-10-5-11-21-19-9-7-15(2)13-17(19)4;/h5-13,20H,1-4H3;1H/b10-5+,21-11?;. The van der Waals surface area contributed by atoms with E-state index in [1.165, 1.54) is 22.3 Å². The van der Waals surface area contributed by atoms with E-state index in [9.17, 15) is 0 Å². The zero-order valence-corrected chi connectivity index (χ0v) is 14.4. The average molecular weight is 315 g/mol. The van der Waals surface area contributed by atoms with Gasteiger partial charge in [0, 0.05) is 18.1 Å². The number of hydrogen-bond acceptors (Lipinski definition) is 2. The van der Waals surface area contributed by atoms with Crippen molar-refractivity contribution in [2.45, 2.75) is 27.7 Å². The summed E-state index contributed by atoms with van der Waals surface area (Å²) in [5.74, 6) is 0. The molecule has 2 nitrogen and oxygen atoms in total. The van der Waals surface area contributed by atoms with Gasteiger partial charge in [-0.1, -0.05) is 35.4 Å². The first-order valence-corrected chi connectivity index (χ1v) is 7.16. The predicted molar refractivity (Wildman–Crippen MR) is 100.0 cm³/mol. The van der Waals surface area contributed by atoms with E-state index in [4.69, 9.17) is 0 Å². The molecule has 0 aliphatic carbocycles. The van der Waals surface area contributed by atoms with Crippen LogP contribution in [-0.2, 0) is 0 Å². The zero-order valence-electron chi connectivity index (χ0n) is 13.6. The van der Waals surface area contributed by atoms with Gasteiger partial charge in [-0.05, 0) is 57.0 Å². The van der Waals surface area contributed by atoms with Gasteiger partial charge in [0.2, 0.25) is 0 Å². The molecule has 2 aromatic rings. The molecule has 0 aromatic heterocycles. The normalized spacial score (nSPS) is 10.9. The fourth-order valence-electron chi connectivity index (χ4n) is 2.23. The lowest BCUT2D eigenvalue weighted by Gasteiger charge is -2.05. The third-order valence-electron chi connectivity index (χ3n) is 3.37. The lowest BCUT2D eigenvalue weighted by atomic mass is 10.1. The van der Waals surface area contributed by atoms with Crippen LogP contribution in [-0.4, -0.2) is 6.21 Å². The van der Waals surface area contributed by atoms with Crippen LogP contribution < -0.4 is 5.32 Å². The molecule has 0 fully saturated rings. The smallest absolute Gasteiger partial charge is 0.0658 e. The number of allylic oxidation sites excluding steroid dienone is 1. The number of nitrogens with zero attached hydrogens (tertiary/aromatic N) is 1. The van der Waals surface area contributed by atoms with Gasteiger partial charge < -0.3 is 5.32 Å². The molecule has 0 aliphatic rings. The third kappa shape index (κ3) is 5.05. The Morgan fingerprint density at radius 3 is 2.14 bits per heavy atom. The molecule has 1 N–H and O–H groups in total. The molecule has 116 valence electrons. The van der Waals surface area contributed by atoms with Gasteiger partial charge >= 0.3 is 0 Å². The molecular formula is C19H23ClN2. The van der Waals surface area contributed by atoms with E-state index in [0.717, 1.165) is 11.4 Å². The minimum atomic E-state index is 0. The molecule has 0 amide bonds. The van der Waals surface area contributed by atoms with Crippen LogP contribution in [0.15, 0.2) is 53.7 Å². The molecule has 0 unspecified atom stereocenters. The molecule has 22 heavy (non-hydrogen) atoms. The molecule has 0 aliphatic heterocycles. The summed E-state index contributed by atoms with van der Waals surface area (Å²) in [4.78, 5) is 4.46. The number of nitrogens with one attached hydrogen (secondary N) is 1. The van der Waals surface area contributed by atoms with Crippen LogP contribution in [0.5, 0.6) is 0 Å². The molecular weight excluding hydrogens is 292 g/mol. The number of aliphatic imine (C=N–C) groups is 1. The van der Waals surface area contributed by atoms with E-state index in [-0.39, 0.29) is 12.4 Å². The van der Waals surface area contributed by atoms with Crippen molar-refractivity contribution in [2.24, 2.45) is 4.99 Å². The lowest BCUT2D eigenvalue weighted by Crippen LogP contribution is -1.91. The van der Waals surface area contributed by atoms with Crippen molar-refractivity contribution in [1.82, 2.24) is 0 Å². The molecule has 2 aromatic carbocycles. The van der Waals surface area contributed by atoms with E-state index in [1.54, 1.807) is 0 Å². The minimum Gasteiger partial charge on any atom is -0.361 e. The Balaban J connectivity index is 0.00000242. The summed E-state index contributed by atoms with van der Waals surface area (Å²) >= 11 is 0. The maximum absolute atomic E-state index is 4.46. The van der Waals surface area contributed by atoms with Gasteiger partial charge in [-0.2, -0.15) is 0 Å². The van der Waals surface area contributed by atoms with Crippen LogP contribution in [0.3, 0.4) is 0 Å². The molecule has 0 heterocycles. The summed E-state index contributed by atoms with van der Waals surface area (Å²) < 4.78 is 0. The minimum absolute atomic E-state index is 0. The number of rotatable bonds is 4. The maximum Gasteiger partial charge on any atom is 0.0658 e. The van der Waals surface area contributed by atoms with Crippen LogP contribution in [0.2, 0.25) is 0 Å². The van der Waals surface area contributed by atoms with Gasteiger partial charge in [0.25, 0.3) is 0 Å². The maximum atomic E-state index is 4.46. The van der Waals surface area contributed by atoms with Crippen LogP contribution in [0.25, 0.3) is 0 Å². The Morgan fingerprint density at radius 1 is 0.864 bits per heavy atom. The third-order valence-corrected chi connectivity index (χ3v) is 3.37. The van der Waals surface area contributed by atoms with E-state index < -0.39 is 0 Å². The quantitative estimate of drug-likeness (QED) is 0.722. The first-order chi connectivity index (χ1) is 10.1. The first kappa shape index (κ1) is 18.0. The SMILES string of the molecule is Cc1ccc(N=C/C=C/Nc2ccc(C)cc2C)c(C)c1.Cl. The van der Waals surface area contributed by atoms with E-state index in [0.29, 0.717) is 0 Å². The van der Waals surface area contributed by atoms with Crippen molar-refractivity contribution >= 4 is 30.0 Å². The second-order valence-corrected chi connectivity index (χ2v) is 5.39. The predicted octanol–water partition coefficient (Wildman–Crippen LogP) is 5.67. The summed E-state index contributed by atoms with van der Waals surface area (Å²) in [7, 11) is 0. The van der Waals surface area contributed by atoms with Crippen LogP contribution in [0, 0.1) is 27.7 Å². The molecule has 0 radical (unpaired) electrons. The summed E-state index contributed by atoms with van der Waals surface area (Å²) in [5.41, 5.74) is 7.11. The molecule has 0 atom stereocenters. The molecule has 3 heteroatoms. The van der Waals surface area contributed by atoms with Crippen molar-refractivity contribution < 1.29 is 0 Å². The molecule has 0 bridgehead atoms. The van der Waals surface area contributed by atoms with Gasteiger partial charge in [-0.25, -0.2) is 0 Å². The second kappa shape index (κ2) is 8.40. The van der Waals surface area contributed by atoms with Gasteiger partial charge in [-0.3, -0.25) is 4.99 Å². The van der Waals surface area contributed by atoms with Crippen LogP contribution in [0.1, 0.15) is 22.3 Å². The highest BCUT2D eigenvalue weighted by atomic mass is 35.5. The monoisotopic (exact) mass is 314 g/mol. The molecule has 0 saturated carbocycles. The van der Waals surface area contributed by atoms with Gasteiger partial charge in [-0.15, -0.1) is 12.4 Å². The Labute approximate surface area is 139 Å². The van der Waals surface area contributed by atoms with Gasteiger partial charge in [0.05, 0.1) is 5.69 Å². The number of benzene rings is 2. The van der Waals surface area contributed by atoms with Gasteiger partial charge in [0.1, 0.15) is 0 Å². The summed E-state index contributed by atoms with van der Waals surface area (Å²) in [6.45, 7) is 8.38. The highest BCUT2D eigenvalue weighted by molar-refractivity contribution is 5.85. The van der Waals surface area contributed by atoms with Crippen LogP contribution >= 0.6 is 12.4 Å². The van der Waals surface area contributed by atoms with Crippen molar-refractivity contribution in [3.05, 3.63) is 70.9 Å². The second-order valence-electron chi connectivity index (χ2n) is 5.39. The van der Waals surface area contributed by atoms with Crippen molar-refractivity contribution in [2.75, 3.05) is 5.32 Å². The summed E-state index contributed by atoms with van der Waals surface area (Å²) in [5, 5.41) is 3.28. The van der Waals surface area contributed by atoms with Gasteiger partial charge in [0.15, 0.2) is 0 Å². The van der Waals surface area contributed by atoms with E-state index in [2.05, 4.69) is 68.3 Å². The van der Waals surface area contributed by atoms with Crippen molar-refractivity contribution in [1.29, 1.82) is 0 Å². The van der Waals surface area contributed by atoms with E-state index >= 15 is 0 Å². The average Bonchev–Trinajstić information content (AvgIpc) is 2.42. The topological polar surface area (TPSA) is 24.4 Å². The number of aryl methyl sites for hydroxylation is 4. The van der Waals surface area contributed by atoms with Crippen LogP contribution in [0.4, 0.5) is 11.4 Å². The Hall–Kier alpha value is -2.06. The fourth-order valence-corrected chi connectivity index (χ4v) is 2.23. The van der Waals surface area contributed by atoms with Crippen molar-refractivity contribution in [3.63, 3.8) is 0 Å². The molecule has 2 rings (SSSR count). The largest absolute Gasteiger partial charge is 0.361 e. The Morgan fingerprint density at radius 2 is 1.50 bits per heavy atom. The first-order valence-electron chi connectivity index (χ1n) is 7.16. The number of anilines is 1.